The summed E-state index contributed by atoms with van der Waals surface area (Å²) in [7, 11) is 0. The van der Waals surface area contributed by atoms with Crippen LogP contribution in [0.25, 0.3) is 0 Å². The molecule has 2 aromatic heterocycles. The summed E-state index contributed by atoms with van der Waals surface area (Å²) in [4.78, 5) is 53.9. The first-order chi connectivity index (χ1) is 25.0. The molecule has 0 spiro atoms. The Morgan fingerprint density at radius 2 is 1.57 bits per heavy atom. The fourth-order valence-corrected chi connectivity index (χ4v) is 6.16. The zero-order valence-electron chi connectivity index (χ0n) is 28.4. The van der Waals surface area contributed by atoms with E-state index in [1.54, 1.807) is 12.4 Å². The highest BCUT2D eigenvalue weighted by Gasteiger charge is 2.39. The van der Waals surface area contributed by atoms with E-state index in [0.717, 1.165) is 36.1 Å². The zero-order chi connectivity index (χ0) is 35.3. The number of carbonyl (C=O) groups is 3. The van der Waals surface area contributed by atoms with Crippen LogP contribution in [0.3, 0.4) is 0 Å². The van der Waals surface area contributed by atoms with Crippen molar-refractivity contribution in [1.82, 2.24) is 30.5 Å². The number of pyridine rings is 1. The van der Waals surface area contributed by atoms with Crippen molar-refractivity contribution in [1.29, 1.82) is 0 Å². The Bertz CT molecular complexity index is 1830. The van der Waals surface area contributed by atoms with Gasteiger partial charge < -0.3 is 30.0 Å². The lowest BCUT2D eigenvalue weighted by Gasteiger charge is -2.42. The number of amides is 3. The molecule has 3 amide bonds. The van der Waals surface area contributed by atoms with Crippen molar-refractivity contribution in [3.63, 3.8) is 0 Å². The molecule has 5 aromatic rings. The van der Waals surface area contributed by atoms with Crippen molar-refractivity contribution < 1.29 is 23.9 Å². The molecule has 1 atom stereocenters. The molecule has 0 saturated heterocycles. The average molecular weight is 687 g/mol. The van der Waals surface area contributed by atoms with Gasteiger partial charge in [-0.1, -0.05) is 85.3 Å². The summed E-state index contributed by atoms with van der Waals surface area (Å²) in [5.74, 6) is -0.0845. The second kappa shape index (κ2) is 17.1. The second-order valence-electron chi connectivity index (χ2n) is 12.7. The van der Waals surface area contributed by atoms with Gasteiger partial charge in [0.15, 0.2) is 0 Å². The molecule has 11 nitrogen and oxygen atoms in total. The third kappa shape index (κ3) is 9.81. The van der Waals surface area contributed by atoms with Gasteiger partial charge in [0.1, 0.15) is 25.0 Å². The minimum Gasteiger partial charge on any atom is -0.487 e. The Hall–Kier alpha value is -5.97. The van der Waals surface area contributed by atoms with Crippen molar-refractivity contribution in [2.24, 2.45) is 0 Å². The number of nitrogens with zero attached hydrogens (tertiary/aromatic N) is 3. The molecule has 2 heterocycles. The van der Waals surface area contributed by atoms with Crippen LogP contribution < -0.4 is 15.4 Å². The average Bonchev–Trinajstić information content (AvgIpc) is 3.67. The lowest BCUT2D eigenvalue weighted by molar-refractivity contribution is -0.138. The van der Waals surface area contributed by atoms with E-state index in [1.807, 2.05) is 91.0 Å². The highest BCUT2D eigenvalue weighted by Crippen LogP contribution is 2.43. The smallest absolute Gasteiger partial charge is 0.408 e. The summed E-state index contributed by atoms with van der Waals surface area (Å²) in [5, 5.41) is 5.85. The number of aromatic amines is 1. The highest BCUT2D eigenvalue weighted by atomic mass is 16.5. The molecule has 1 aliphatic rings. The minimum atomic E-state index is -1.05. The highest BCUT2D eigenvalue weighted by molar-refractivity contribution is 5.89. The molecular weight excluding hydrogens is 644 g/mol. The molecule has 0 bridgehead atoms. The van der Waals surface area contributed by atoms with Gasteiger partial charge in [-0.25, -0.2) is 9.78 Å². The summed E-state index contributed by atoms with van der Waals surface area (Å²) in [5.41, 5.74) is 4.05. The number of hydrogen-bond donors (Lipinski definition) is 3. The Kier molecular flexibility index (Phi) is 11.7. The lowest BCUT2D eigenvalue weighted by atomic mass is 9.64. The van der Waals surface area contributed by atoms with E-state index in [4.69, 9.17) is 9.47 Å². The van der Waals surface area contributed by atoms with Gasteiger partial charge in [-0.05, 0) is 53.8 Å². The Morgan fingerprint density at radius 3 is 2.24 bits per heavy atom. The van der Waals surface area contributed by atoms with E-state index in [-0.39, 0.29) is 37.4 Å². The number of hydrogen-bond acceptors (Lipinski definition) is 7. The summed E-state index contributed by atoms with van der Waals surface area (Å²) < 4.78 is 11.4. The van der Waals surface area contributed by atoms with Gasteiger partial charge in [0.2, 0.25) is 11.8 Å². The van der Waals surface area contributed by atoms with Crippen molar-refractivity contribution in [3.05, 3.63) is 150 Å². The number of ether oxygens (including phenoxy) is 2. The quantitative estimate of drug-likeness (QED) is 0.125. The number of aromatic nitrogens is 3. The first-order valence-electron chi connectivity index (χ1n) is 17.1. The number of carbonyl (C=O) groups excluding carboxylic acids is 3. The largest absolute Gasteiger partial charge is 0.487 e. The van der Waals surface area contributed by atoms with Gasteiger partial charge in [-0.2, -0.15) is 0 Å². The zero-order valence-corrected chi connectivity index (χ0v) is 28.4. The molecule has 6 rings (SSSR count). The SMILES string of the molecule is O=C(CN(Cc1ccc(OCc2ccccn2)cc1)C(=O)C(Cc1c[nH]cn1)NC(=O)OCc1ccccc1)NCC1(c2ccccc2)CCC1. The van der Waals surface area contributed by atoms with Crippen molar-refractivity contribution in [3.8, 4) is 5.75 Å². The Balaban J connectivity index is 1.17. The van der Waals surface area contributed by atoms with E-state index in [0.29, 0.717) is 24.6 Å². The molecule has 0 aliphatic heterocycles. The molecule has 0 radical (unpaired) electrons. The van der Waals surface area contributed by atoms with Crippen LogP contribution in [0.4, 0.5) is 4.79 Å². The Morgan fingerprint density at radius 1 is 0.824 bits per heavy atom. The van der Waals surface area contributed by atoms with E-state index in [1.165, 1.54) is 16.8 Å². The van der Waals surface area contributed by atoms with Crippen LogP contribution in [-0.4, -0.2) is 56.9 Å². The number of benzene rings is 3. The predicted molar refractivity (Wildman–Crippen MR) is 191 cm³/mol. The molecule has 1 unspecified atom stereocenters. The first-order valence-corrected chi connectivity index (χ1v) is 17.1. The van der Waals surface area contributed by atoms with Crippen LogP contribution in [-0.2, 0) is 45.9 Å². The topological polar surface area (TPSA) is 139 Å². The predicted octanol–water partition coefficient (Wildman–Crippen LogP) is 5.49. The van der Waals surface area contributed by atoms with Crippen molar-refractivity contribution >= 4 is 17.9 Å². The fourth-order valence-electron chi connectivity index (χ4n) is 6.16. The van der Waals surface area contributed by atoms with Gasteiger partial charge in [0, 0.05) is 37.3 Å². The monoisotopic (exact) mass is 686 g/mol. The van der Waals surface area contributed by atoms with Crippen LogP contribution >= 0.6 is 0 Å². The Labute approximate surface area is 297 Å². The molecule has 1 aliphatic carbocycles. The second-order valence-corrected chi connectivity index (χ2v) is 12.7. The van der Waals surface area contributed by atoms with Gasteiger partial charge >= 0.3 is 6.09 Å². The van der Waals surface area contributed by atoms with E-state index in [9.17, 15) is 14.4 Å². The normalized spacial score (nSPS) is 13.6. The van der Waals surface area contributed by atoms with E-state index in [2.05, 4.69) is 37.7 Å². The molecule has 11 heteroatoms. The minimum absolute atomic E-state index is 0.0417. The van der Waals surface area contributed by atoms with Crippen LogP contribution in [0.15, 0.2) is 122 Å². The molecule has 1 saturated carbocycles. The number of alkyl carbamates (subject to hydrolysis) is 1. The van der Waals surface area contributed by atoms with E-state index < -0.39 is 18.0 Å². The van der Waals surface area contributed by atoms with E-state index >= 15 is 0 Å². The van der Waals surface area contributed by atoms with Crippen LogP contribution in [0.5, 0.6) is 5.75 Å². The number of H-pyrrole nitrogens is 1. The number of nitrogens with one attached hydrogen (secondary N) is 3. The van der Waals surface area contributed by atoms with Crippen LogP contribution in [0.1, 0.15) is 47.3 Å². The molecule has 1 fully saturated rings. The molecule has 51 heavy (non-hydrogen) atoms. The molecule has 3 aromatic carbocycles. The van der Waals surface area contributed by atoms with Gasteiger partial charge in [-0.15, -0.1) is 0 Å². The van der Waals surface area contributed by atoms with Gasteiger partial charge in [-0.3, -0.25) is 14.6 Å². The molecule has 262 valence electrons. The fraction of sp³-hybridized carbons (Fsp3) is 0.275. The van der Waals surface area contributed by atoms with Gasteiger partial charge in [0.25, 0.3) is 0 Å². The van der Waals surface area contributed by atoms with Crippen molar-refractivity contribution in [2.75, 3.05) is 13.1 Å². The maximum Gasteiger partial charge on any atom is 0.408 e. The lowest BCUT2D eigenvalue weighted by Crippen LogP contribution is -2.53. The summed E-state index contributed by atoms with van der Waals surface area (Å²) in [6, 6.07) is 31.5. The number of imidazole rings is 1. The summed E-state index contributed by atoms with van der Waals surface area (Å²) in [6.07, 6.45) is 7.30. The molecule has 3 N–H and O–H groups in total. The maximum atomic E-state index is 14.3. The third-order valence-electron chi connectivity index (χ3n) is 9.15. The first kappa shape index (κ1) is 34.9. The summed E-state index contributed by atoms with van der Waals surface area (Å²) >= 11 is 0. The third-order valence-corrected chi connectivity index (χ3v) is 9.15. The standard InChI is InChI=1S/C40H42N6O5/c47-37(43-28-40(19-9-20-40)32-12-5-2-6-13-32)25-46(24-30-15-17-35(18-16-30)50-27-33-14-7-8-21-42-33)38(48)36(22-34-23-41-29-44-34)45-39(49)51-26-31-10-3-1-4-11-31/h1-8,10-18,21,23,29,36H,9,19-20,22,24-28H2,(H,41,44)(H,43,47)(H,45,49). The van der Waals surface area contributed by atoms with Crippen LogP contribution in [0.2, 0.25) is 0 Å². The van der Waals surface area contributed by atoms with Gasteiger partial charge in [0.05, 0.1) is 24.3 Å². The van der Waals surface area contributed by atoms with Crippen molar-refractivity contribution in [2.45, 2.75) is 56.9 Å². The number of rotatable bonds is 16. The summed E-state index contributed by atoms with van der Waals surface area (Å²) in [6.45, 7) is 0.741. The van der Waals surface area contributed by atoms with Crippen LogP contribution in [0, 0.1) is 0 Å². The maximum absolute atomic E-state index is 14.3. The molecular formula is C40H42N6O5.